The fraction of sp³-hybridized carbons (Fsp3) is 0.238. The Balaban J connectivity index is 1.48. The molecule has 0 unspecified atom stereocenters. The molecule has 24 heavy (non-hydrogen) atoms. The quantitative estimate of drug-likeness (QED) is 0.794. The third-order valence-electron chi connectivity index (χ3n) is 4.80. The van der Waals surface area contributed by atoms with E-state index in [1.54, 1.807) is 0 Å². The Bertz CT molecular complexity index is 888. The normalized spacial score (nSPS) is 16.6. The second-order valence-electron chi connectivity index (χ2n) is 6.40. The third kappa shape index (κ3) is 2.90. The fourth-order valence-electron chi connectivity index (χ4n) is 3.55. The van der Waals surface area contributed by atoms with Gasteiger partial charge in [-0.1, -0.05) is 42.5 Å². The number of fused-ring (bicyclic) bond motifs is 2. The standard InChI is InChI=1S/C21H20N2O/c24-21(19-10-5-8-16-6-1-3-9-18(16)19)23-14-15-12-17-7-2-4-11-20(17)22-13-15/h1-4,6-7,9,11-13,19H,5,8,10,14H2,(H,23,24)/t19-/m1/s1. The van der Waals surface area contributed by atoms with E-state index in [9.17, 15) is 4.79 Å². The summed E-state index contributed by atoms with van der Waals surface area (Å²) >= 11 is 0. The molecule has 0 radical (unpaired) electrons. The van der Waals surface area contributed by atoms with Crippen molar-refractivity contribution in [3.8, 4) is 0 Å². The van der Waals surface area contributed by atoms with Crippen molar-refractivity contribution >= 4 is 16.8 Å². The summed E-state index contributed by atoms with van der Waals surface area (Å²) < 4.78 is 0. The van der Waals surface area contributed by atoms with E-state index >= 15 is 0 Å². The number of benzene rings is 2. The highest BCUT2D eigenvalue weighted by Crippen LogP contribution is 2.31. The molecule has 1 atom stereocenters. The first kappa shape index (κ1) is 14.9. The summed E-state index contributed by atoms with van der Waals surface area (Å²) in [5.41, 5.74) is 4.52. The number of aryl methyl sites for hydroxylation is 1. The van der Waals surface area contributed by atoms with E-state index in [1.165, 1.54) is 11.1 Å². The van der Waals surface area contributed by atoms with Gasteiger partial charge in [-0.15, -0.1) is 0 Å². The molecule has 0 bridgehead atoms. The number of carbonyl (C=O) groups excluding carboxylic acids is 1. The van der Waals surface area contributed by atoms with Crippen molar-refractivity contribution in [2.45, 2.75) is 31.7 Å². The van der Waals surface area contributed by atoms with E-state index < -0.39 is 0 Å². The van der Waals surface area contributed by atoms with E-state index in [1.807, 2.05) is 36.5 Å². The van der Waals surface area contributed by atoms with Crippen LogP contribution in [0.2, 0.25) is 0 Å². The topological polar surface area (TPSA) is 42.0 Å². The lowest BCUT2D eigenvalue weighted by Gasteiger charge is -2.24. The second kappa shape index (κ2) is 6.44. The molecule has 1 amide bonds. The molecule has 3 heteroatoms. The summed E-state index contributed by atoms with van der Waals surface area (Å²) in [5.74, 6) is 0.0960. The van der Waals surface area contributed by atoms with Crippen LogP contribution in [0.5, 0.6) is 0 Å². The average Bonchev–Trinajstić information content (AvgIpc) is 2.65. The molecule has 1 aromatic heterocycles. The van der Waals surface area contributed by atoms with Crippen LogP contribution in [0.15, 0.2) is 60.8 Å². The van der Waals surface area contributed by atoms with Gasteiger partial charge in [-0.3, -0.25) is 9.78 Å². The lowest BCUT2D eigenvalue weighted by Crippen LogP contribution is -2.31. The highest BCUT2D eigenvalue weighted by atomic mass is 16.1. The first-order valence-electron chi connectivity index (χ1n) is 8.50. The highest BCUT2D eigenvalue weighted by Gasteiger charge is 2.25. The Morgan fingerprint density at radius 1 is 1.12 bits per heavy atom. The van der Waals surface area contributed by atoms with Crippen LogP contribution < -0.4 is 5.32 Å². The number of hydrogen-bond donors (Lipinski definition) is 1. The van der Waals surface area contributed by atoms with E-state index in [0.717, 1.165) is 35.7 Å². The third-order valence-corrected chi connectivity index (χ3v) is 4.80. The second-order valence-corrected chi connectivity index (χ2v) is 6.40. The van der Waals surface area contributed by atoms with Gasteiger partial charge < -0.3 is 5.32 Å². The van der Waals surface area contributed by atoms with Crippen molar-refractivity contribution in [1.29, 1.82) is 0 Å². The number of nitrogens with zero attached hydrogens (tertiary/aromatic N) is 1. The van der Waals surface area contributed by atoms with E-state index in [-0.39, 0.29) is 11.8 Å². The molecule has 3 aromatic rings. The molecule has 0 saturated heterocycles. The molecule has 1 heterocycles. The molecule has 0 aliphatic heterocycles. The lowest BCUT2D eigenvalue weighted by atomic mass is 9.82. The maximum absolute atomic E-state index is 12.7. The maximum atomic E-state index is 12.7. The first-order chi connectivity index (χ1) is 11.8. The highest BCUT2D eigenvalue weighted by molar-refractivity contribution is 5.84. The van der Waals surface area contributed by atoms with E-state index in [2.05, 4.69) is 34.6 Å². The Hall–Kier alpha value is -2.68. The van der Waals surface area contributed by atoms with Gasteiger partial charge in [0, 0.05) is 18.1 Å². The number of nitrogens with one attached hydrogen (secondary N) is 1. The SMILES string of the molecule is O=C(NCc1cnc2ccccc2c1)[C@@H]1CCCc2ccccc21. The predicted molar refractivity (Wildman–Crippen MR) is 95.7 cm³/mol. The van der Waals surface area contributed by atoms with Crippen molar-refractivity contribution in [2.75, 3.05) is 0 Å². The maximum Gasteiger partial charge on any atom is 0.227 e. The Kier molecular flexibility index (Phi) is 3.99. The van der Waals surface area contributed by atoms with Crippen molar-refractivity contribution in [1.82, 2.24) is 10.3 Å². The van der Waals surface area contributed by atoms with Crippen LogP contribution in [-0.2, 0) is 17.8 Å². The van der Waals surface area contributed by atoms with Gasteiger partial charge in [-0.05, 0) is 48.1 Å². The first-order valence-corrected chi connectivity index (χ1v) is 8.50. The predicted octanol–water partition coefficient (Wildman–Crippen LogP) is 3.97. The van der Waals surface area contributed by atoms with Crippen LogP contribution in [0.4, 0.5) is 0 Å². The number of aromatic nitrogens is 1. The summed E-state index contributed by atoms with van der Waals surface area (Å²) in [5, 5.41) is 4.20. The van der Waals surface area contributed by atoms with Crippen LogP contribution in [0.1, 0.15) is 35.4 Å². The van der Waals surface area contributed by atoms with Crippen molar-refractivity contribution < 1.29 is 4.79 Å². The molecule has 1 aliphatic rings. The number of hydrogen-bond acceptors (Lipinski definition) is 2. The molecular weight excluding hydrogens is 296 g/mol. The molecule has 2 aromatic carbocycles. The van der Waals surface area contributed by atoms with Crippen LogP contribution in [0.3, 0.4) is 0 Å². The Morgan fingerprint density at radius 2 is 1.96 bits per heavy atom. The molecule has 0 spiro atoms. The largest absolute Gasteiger partial charge is 0.351 e. The van der Waals surface area contributed by atoms with Gasteiger partial charge in [0.15, 0.2) is 0 Å². The van der Waals surface area contributed by atoms with E-state index in [0.29, 0.717) is 6.54 Å². The average molecular weight is 316 g/mol. The minimum Gasteiger partial charge on any atom is -0.351 e. The van der Waals surface area contributed by atoms with E-state index in [4.69, 9.17) is 0 Å². The molecule has 120 valence electrons. The van der Waals surface area contributed by atoms with Gasteiger partial charge in [-0.2, -0.15) is 0 Å². The zero-order chi connectivity index (χ0) is 16.4. The van der Waals surface area contributed by atoms with Gasteiger partial charge in [-0.25, -0.2) is 0 Å². The van der Waals surface area contributed by atoms with Gasteiger partial charge in [0.2, 0.25) is 5.91 Å². The molecule has 1 aliphatic carbocycles. The van der Waals surface area contributed by atoms with Crippen LogP contribution >= 0.6 is 0 Å². The van der Waals surface area contributed by atoms with Crippen molar-refractivity contribution in [3.63, 3.8) is 0 Å². The molecule has 3 nitrogen and oxygen atoms in total. The fourth-order valence-corrected chi connectivity index (χ4v) is 3.55. The number of rotatable bonds is 3. The number of amides is 1. The zero-order valence-corrected chi connectivity index (χ0v) is 13.5. The Morgan fingerprint density at radius 3 is 2.92 bits per heavy atom. The smallest absolute Gasteiger partial charge is 0.227 e. The molecular formula is C21H20N2O. The van der Waals surface area contributed by atoms with Crippen molar-refractivity contribution in [3.05, 3.63) is 77.5 Å². The van der Waals surface area contributed by atoms with Crippen molar-refractivity contribution in [2.24, 2.45) is 0 Å². The van der Waals surface area contributed by atoms with Gasteiger partial charge >= 0.3 is 0 Å². The van der Waals surface area contributed by atoms with Gasteiger partial charge in [0.1, 0.15) is 0 Å². The van der Waals surface area contributed by atoms with Crippen LogP contribution in [0.25, 0.3) is 10.9 Å². The summed E-state index contributed by atoms with van der Waals surface area (Å²) in [6.45, 7) is 0.523. The van der Waals surface area contributed by atoms with Gasteiger partial charge in [0.05, 0.1) is 11.4 Å². The molecule has 4 rings (SSSR count). The summed E-state index contributed by atoms with van der Waals surface area (Å²) in [6, 6.07) is 18.4. The Labute approximate surface area is 141 Å². The minimum absolute atomic E-state index is 0.0247. The molecule has 1 N–H and O–H groups in total. The number of pyridine rings is 1. The summed E-state index contributed by atoms with van der Waals surface area (Å²) in [4.78, 5) is 17.1. The molecule has 0 saturated carbocycles. The lowest BCUT2D eigenvalue weighted by molar-refractivity contribution is -0.123. The molecule has 0 fully saturated rings. The minimum atomic E-state index is -0.0247. The summed E-state index contributed by atoms with van der Waals surface area (Å²) in [7, 11) is 0. The summed E-state index contributed by atoms with van der Waals surface area (Å²) in [6.07, 6.45) is 4.93. The number of carbonyl (C=O) groups is 1. The zero-order valence-electron chi connectivity index (χ0n) is 13.5. The number of para-hydroxylation sites is 1. The van der Waals surface area contributed by atoms with Crippen LogP contribution in [-0.4, -0.2) is 10.9 Å². The monoisotopic (exact) mass is 316 g/mol. The van der Waals surface area contributed by atoms with Crippen LogP contribution in [0, 0.1) is 0 Å². The van der Waals surface area contributed by atoms with Gasteiger partial charge in [0.25, 0.3) is 0 Å².